The molecule has 1 unspecified atom stereocenters. The van der Waals surface area contributed by atoms with Crippen molar-refractivity contribution in [3.63, 3.8) is 0 Å². The van der Waals surface area contributed by atoms with Gasteiger partial charge in [0.1, 0.15) is 5.82 Å². The minimum atomic E-state index is -0.691. The molecule has 3 aromatic rings. The van der Waals surface area contributed by atoms with Gasteiger partial charge < -0.3 is 19.5 Å². The lowest BCUT2D eigenvalue weighted by molar-refractivity contribution is -0.141. The number of carbonyl (C=O) groups excluding carboxylic acids is 2. The van der Waals surface area contributed by atoms with Crippen LogP contribution in [0.15, 0.2) is 42.5 Å². The minimum Gasteiger partial charge on any atom is -0.493 e. The smallest absolute Gasteiger partial charge is 0.307 e. The number of fused-ring (bicyclic) bond motifs is 1. The number of amides is 1. The molecule has 0 saturated heterocycles. The van der Waals surface area contributed by atoms with Gasteiger partial charge in [0.05, 0.1) is 44.9 Å². The van der Waals surface area contributed by atoms with E-state index in [-0.39, 0.29) is 6.42 Å². The monoisotopic (exact) mass is 426 g/mol. The van der Waals surface area contributed by atoms with Gasteiger partial charge in [-0.25, -0.2) is 4.39 Å². The highest BCUT2D eigenvalue weighted by molar-refractivity contribution is 6.06. The van der Waals surface area contributed by atoms with Crippen LogP contribution in [0.3, 0.4) is 0 Å². The highest BCUT2D eigenvalue weighted by Crippen LogP contribution is 2.31. The van der Waals surface area contributed by atoms with Crippen molar-refractivity contribution in [2.75, 3.05) is 21.3 Å². The maximum Gasteiger partial charge on any atom is 0.307 e. The molecule has 3 rings (SSSR count). The molecule has 0 radical (unpaired) electrons. The van der Waals surface area contributed by atoms with Crippen molar-refractivity contribution >= 4 is 22.8 Å². The number of carbonyl (C=O) groups is 2. The molecule has 0 bridgehead atoms. The molecular weight excluding hydrogens is 403 g/mol. The lowest BCUT2D eigenvalue weighted by Crippen LogP contribution is -2.30. The highest BCUT2D eigenvalue weighted by Gasteiger charge is 2.23. The third-order valence-electron chi connectivity index (χ3n) is 4.86. The molecule has 162 valence electrons. The summed E-state index contributed by atoms with van der Waals surface area (Å²) >= 11 is 0. The molecule has 7 nitrogen and oxygen atoms in total. The normalized spacial score (nSPS) is 11.6. The first-order chi connectivity index (χ1) is 14.9. The lowest BCUT2D eigenvalue weighted by atomic mass is 10.0. The molecule has 1 amide bonds. The van der Waals surface area contributed by atoms with Crippen LogP contribution in [-0.4, -0.2) is 38.2 Å². The van der Waals surface area contributed by atoms with Crippen molar-refractivity contribution in [2.24, 2.45) is 0 Å². The summed E-state index contributed by atoms with van der Waals surface area (Å²) in [6.07, 6.45) is -0.0889. The number of nitrogens with one attached hydrogen (secondary N) is 1. The van der Waals surface area contributed by atoms with Crippen LogP contribution in [0.1, 0.15) is 34.1 Å². The average Bonchev–Trinajstić information content (AvgIpc) is 2.76. The van der Waals surface area contributed by atoms with E-state index in [4.69, 9.17) is 14.2 Å². The molecule has 1 N–H and O–H groups in total. The van der Waals surface area contributed by atoms with Crippen LogP contribution < -0.4 is 14.8 Å². The molecular formula is C23H23FN2O5. The van der Waals surface area contributed by atoms with E-state index in [1.54, 1.807) is 31.2 Å². The maximum atomic E-state index is 13.6. The zero-order chi connectivity index (χ0) is 22.5. The fraction of sp³-hybridized carbons (Fsp3) is 0.261. The Bertz CT molecular complexity index is 1130. The van der Waals surface area contributed by atoms with Crippen molar-refractivity contribution in [3.8, 4) is 11.5 Å². The number of benzene rings is 2. The quantitative estimate of drug-likeness (QED) is 0.580. The Morgan fingerprint density at radius 2 is 1.77 bits per heavy atom. The maximum absolute atomic E-state index is 13.6. The van der Waals surface area contributed by atoms with Gasteiger partial charge in [0.2, 0.25) is 0 Å². The lowest BCUT2D eigenvalue weighted by Gasteiger charge is -2.20. The summed E-state index contributed by atoms with van der Waals surface area (Å²) in [4.78, 5) is 29.5. The number of rotatable bonds is 7. The van der Waals surface area contributed by atoms with Crippen LogP contribution >= 0.6 is 0 Å². The van der Waals surface area contributed by atoms with Gasteiger partial charge in [0.15, 0.2) is 11.5 Å². The van der Waals surface area contributed by atoms with E-state index in [1.807, 2.05) is 0 Å². The van der Waals surface area contributed by atoms with E-state index >= 15 is 0 Å². The van der Waals surface area contributed by atoms with Gasteiger partial charge >= 0.3 is 5.97 Å². The zero-order valence-electron chi connectivity index (χ0n) is 17.7. The predicted molar refractivity (Wildman–Crippen MR) is 113 cm³/mol. The Morgan fingerprint density at radius 3 is 2.45 bits per heavy atom. The number of methoxy groups -OCH3 is 3. The number of halogens is 1. The SMILES string of the molecule is COC(=O)CC(NC(=O)c1cc(C)nc2cc(F)ccc12)c1ccc(OC)c(OC)c1. The van der Waals surface area contributed by atoms with E-state index in [9.17, 15) is 14.0 Å². The van der Waals surface area contributed by atoms with Gasteiger partial charge in [0, 0.05) is 17.1 Å². The van der Waals surface area contributed by atoms with Crippen LogP contribution in [-0.2, 0) is 9.53 Å². The standard InChI is InChI=1S/C23H23FN2O5/c1-13-9-17(16-7-6-15(24)11-19(16)25-13)23(28)26-18(12-22(27)31-4)14-5-8-20(29-2)21(10-14)30-3/h5-11,18H,12H2,1-4H3,(H,26,28). The fourth-order valence-electron chi connectivity index (χ4n) is 3.33. The molecule has 0 fully saturated rings. The summed E-state index contributed by atoms with van der Waals surface area (Å²) < 4.78 is 29.0. The van der Waals surface area contributed by atoms with E-state index in [0.29, 0.717) is 39.2 Å². The van der Waals surface area contributed by atoms with E-state index in [2.05, 4.69) is 10.3 Å². The molecule has 0 aliphatic rings. The molecule has 1 heterocycles. The highest BCUT2D eigenvalue weighted by atomic mass is 19.1. The number of ether oxygens (including phenoxy) is 3. The van der Waals surface area contributed by atoms with Gasteiger partial charge in [-0.05, 0) is 42.8 Å². The largest absolute Gasteiger partial charge is 0.493 e. The molecule has 1 aromatic heterocycles. The van der Waals surface area contributed by atoms with Gasteiger partial charge in [-0.3, -0.25) is 14.6 Å². The number of nitrogens with zero attached hydrogens (tertiary/aromatic N) is 1. The van der Waals surface area contributed by atoms with Crippen LogP contribution in [0.25, 0.3) is 10.9 Å². The summed E-state index contributed by atoms with van der Waals surface area (Å²) in [7, 11) is 4.30. The van der Waals surface area contributed by atoms with E-state index in [1.165, 1.54) is 39.5 Å². The Balaban J connectivity index is 2.00. The van der Waals surface area contributed by atoms with Crippen molar-refractivity contribution in [1.82, 2.24) is 10.3 Å². The number of hydrogen-bond acceptors (Lipinski definition) is 6. The second-order valence-electron chi connectivity index (χ2n) is 6.89. The van der Waals surface area contributed by atoms with Crippen LogP contribution in [0, 0.1) is 12.7 Å². The second kappa shape index (κ2) is 9.42. The Labute approximate surface area is 179 Å². The Kier molecular flexibility index (Phi) is 6.69. The summed E-state index contributed by atoms with van der Waals surface area (Å²) in [5, 5.41) is 3.39. The number of pyridine rings is 1. The summed E-state index contributed by atoms with van der Waals surface area (Å²) in [6, 6.07) is 10.1. The number of hydrogen-bond donors (Lipinski definition) is 1. The molecule has 8 heteroatoms. The van der Waals surface area contributed by atoms with Crippen molar-refractivity contribution < 1.29 is 28.2 Å². The Hall–Kier alpha value is -3.68. The third kappa shape index (κ3) is 4.91. The second-order valence-corrected chi connectivity index (χ2v) is 6.89. The van der Waals surface area contributed by atoms with Crippen LogP contribution in [0.2, 0.25) is 0 Å². The number of aromatic nitrogens is 1. The van der Waals surface area contributed by atoms with Gasteiger partial charge in [-0.1, -0.05) is 6.07 Å². The molecule has 0 aliphatic carbocycles. The van der Waals surface area contributed by atoms with Gasteiger partial charge in [-0.15, -0.1) is 0 Å². The summed E-state index contributed by atoms with van der Waals surface area (Å²) in [6.45, 7) is 1.72. The van der Waals surface area contributed by atoms with Crippen molar-refractivity contribution in [2.45, 2.75) is 19.4 Å². The average molecular weight is 426 g/mol. The number of esters is 1. The predicted octanol–water partition coefficient (Wildman–Crippen LogP) is 3.73. The zero-order valence-corrected chi connectivity index (χ0v) is 17.7. The van der Waals surface area contributed by atoms with E-state index < -0.39 is 23.7 Å². The molecule has 0 saturated carbocycles. The fourth-order valence-corrected chi connectivity index (χ4v) is 3.33. The van der Waals surface area contributed by atoms with E-state index in [0.717, 1.165) is 0 Å². The molecule has 31 heavy (non-hydrogen) atoms. The van der Waals surface area contributed by atoms with Crippen molar-refractivity contribution in [1.29, 1.82) is 0 Å². The van der Waals surface area contributed by atoms with Gasteiger partial charge in [-0.2, -0.15) is 0 Å². The summed E-state index contributed by atoms with van der Waals surface area (Å²) in [5.41, 5.74) is 1.91. The number of aryl methyl sites for hydroxylation is 1. The summed E-state index contributed by atoms with van der Waals surface area (Å²) in [5.74, 6) is -0.369. The Morgan fingerprint density at radius 1 is 1.03 bits per heavy atom. The van der Waals surface area contributed by atoms with Crippen LogP contribution in [0.5, 0.6) is 11.5 Å². The molecule has 1 atom stereocenters. The van der Waals surface area contributed by atoms with Gasteiger partial charge in [0.25, 0.3) is 5.91 Å². The topological polar surface area (TPSA) is 86.8 Å². The minimum absolute atomic E-state index is 0.0889. The van der Waals surface area contributed by atoms with Crippen molar-refractivity contribution in [3.05, 3.63) is 65.1 Å². The van der Waals surface area contributed by atoms with Crippen LogP contribution in [0.4, 0.5) is 4.39 Å². The molecule has 2 aromatic carbocycles. The first-order valence-electron chi connectivity index (χ1n) is 9.52. The molecule has 0 spiro atoms. The first-order valence-corrected chi connectivity index (χ1v) is 9.52. The first kappa shape index (κ1) is 22.0. The third-order valence-corrected chi connectivity index (χ3v) is 4.86. The molecule has 0 aliphatic heterocycles.